The van der Waals surface area contributed by atoms with Gasteiger partial charge in [-0.15, -0.1) is 11.3 Å². The van der Waals surface area contributed by atoms with Crippen molar-refractivity contribution in [2.45, 2.75) is 25.6 Å². The summed E-state index contributed by atoms with van der Waals surface area (Å²) in [5.74, 6) is -0.747. The van der Waals surface area contributed by atoms with Crippen LogP contribution in [0.2, 0.25) is 4.34 Å². The highest BCUT2D eigenvalue weighted by molar-refractivity contribution is 7.16. The quantitative estimate of drug-likeness (QED) is 0.642. The number of alkyl halides is 3. The van der Waals surface area contributed by atoms with E-state index in [1.54, 1.807) is 0 Å². The molecule has 2 aromatic rings. The van der Waals surface area contributed by atoms with Gasteiger partial charge < -0.3 is 4.90 Å². The molecule has 1 aliphatic rings. The molecule has 0 aliphatic carbocycles. The van der Waals surface area contributed by atoms with Gasteiger partial charge in [-0.1, -0.05) is 35.9 Å². The predicted molar refractivity (Wildman–Crippen MR) is 93.0 cm³/mol. The largest absolute Gasteiger partial charge is 0.409 e. The average molecular weight is 386 g/mol. The van der Waals surface area contributed by atoms with E-state index in [1.807, 2.05) is 37.3 Å². The maximum Gasteiger partial charge on any atom is 0.409 e. The van der Waals surface area contributed by atoms with Crippen LogP contribution in [0, 0.1) is 6.92 Å². The summed E-state index contributed by atoms with van der Waals surface area (Å²) in [5.41, 5.74) is 3.17. The molecule has 3 rings (SSSR count). The van der Waals surface area contributed by atoms with Crippen molar-refractivity contribution in [3.8, 4) is 0 Å². The molecule has 1 aliphatic heterocycles. The standard InChI is InChI=1S/C18H15ClF3NOS/c1-11-4-2-3-5-12(11)14-9-23(17(24)6-7-18(20,21)22)10-15-13(14)8-16(19)25-15/h2-8,14H,9-10H2,1H3/b7-6+/t14-/m1/s1. The fraction of sp³-hybridized carbons (Fsp3) is 0.278. The minimum absolute atomic E-state index is 0.0188. The van der Waals surface area contributed by atoms with E-state index in [4.69, 9.17) is 11.6 Å². The predicted octanol–water partition coefficient (Wildman–Crippen LogP) is 5.30. The minimum atomic E-state index is -4.50. The van der Waals surface area contributed by atoms with E-state index in [9.17, 15) is 18.0 Å². The first-order valence-electron chi connectivity index (χ1n) is 7.63. The summed E-state index contributed by atoms with van der Waals surface area (Å²) < 4.78 is 37.7. The van der Waals surface area contributed by atoms with E-state index in [0.29, 0.717) is 17.0 Å². The lowest BCUT2D eigenvalue weighted by Crippen LogP contribution is -2.37. The molecule has 0 saturated heterocycles. The van der Waals surface area contributed by atoms with Crippen LogP contribution in [0.25, 0.3) is 0 Å². The fourth-order valence-electron chi connectivity index (χ4n) is 3.07. The number of thiophene rings is 1. The first-order chi connectivity index (χ1) is 11.7. The molecular weight excluding hydrogens is 371 g/mol. The SMILES string of the molecule is Cc1ccccc1[C@H]1CN(C(=O)/C=C/C(F)(F)F)Cc2sc(Cl)cc21. The number of allylic oxidation sites excluding steroid dienone is 1. The van der Waals surface area contributed by atoms with Crippen LogP contribution in [0.15, 0.2) is 42.5 Å². The maximum absolute atomic E-state index is 12.3. The number of carbonyl (C=O) groups is 1. The highest BCUT2D eigenvalue weighted by atomic mass is 35.5. The summed E-state index contributed by atoms with van der Waals surface area (Å²) in [6.45, 7) is 2.58. The van der Waals surface area contributed by atoms with Gasteiger partial charge in [0.25, 0.3) is 0 Å². The molecular formula is C18H15ClF3NOS. The highest BCUT2D eigenvalue weighted by Gasteiger charge is 2.32. The van der Waals surface area contributed by atoms with Gasteiger partial charge in [-0.25, -0.2) is 0 Å². The van der Waals surface area contributed by atoms with Crippen LogP contribution in [-0.4, -0.2) is 23.5 Å². The molecule has 1 atom stereocenters. The molecule has 2 nitrogen and oxygen atoms in total. The second-order valence-corrected chi connectivity index (χ2v) is 7.70. The Morgan fingerprint density at radius 3 is 2.72 bits per heavy atom. The monoisotopic (exact) mass is 385 g/mol. The zero-order chi connectivity index (χ0) is 18.2. The third kappa shape index (κ3) is 4.07. The van der Waals surface area contributed by atoms with Crippen LogP contribution in [-0.2, 0) is 11.3 Å². The molecule has 0 N–H and O–H groups in total. The van der Waals surface area contributed by atoms with Crippen molar-refractivity contribution >= 4 is 28.8 Å². The van der Waals surface area contributed by atoms with Gasteiger partial charge in [0.05, 0.1) is 10.9 Å². The topological polar surface area (TPSA) is 20.3 Å². The number of amides is 1. The molecule has 0 saturated carbocycles. The Balaban J connectivity index is 1.95. The minimum Gasteiger partial charge on any atom is -0.333 e. The third-order valence-corrected chi connectivity index (χ3v) is 5.48. The van der Waals surface area contributed by atoms with Crippen LogP contribution in [0.3, 0.4) is 0 Å². The van der Waals surface area contributed by atoms with Gasteiger partial charge in [-0.3, -0.25) is 4.79 Å². The first-order valence-corrected chi connectivity index (χ1v) is 8.82. The Morgan fingerprint density at radius 2 is 2.04 bits per heavy atom. The van der Waals surface area contributed by atoms with Crippen LogP contribution in [0.4, 0.5) is 13.2 Å². The molecule has 25 heavy (non-hydrogen) atoms. The van der Waals surface area contributed by atoms with E-state index < -0.39 is 12.1 Å². The first kappa shape index (κ1) is 18.0. The number of nitrogens with zero attached hydrogens (tertiary/aromatic N) is 1. The maximum atomic E-state index is 12.3. The van der Waals surface area contributed by atoms with Crippen molar-refractivity contribution in [1.29, 1.82) is 0 Å². The molecule has 7 heteroatoms. The van der Waals surface area contributed by atoms with E-state index in [0.717, 1.165) is 21.6 Å². The normalized spacial score (nSPS) is 17.8. The summed E-state index contributed by atoms with van der Waals surface area (Å²) in [4.78, 5) is 14.6. The number of hydrogen-bond donors (Lipinski definition) is 0. The Morgan fingerprint density at radius 1 is 1.32 bits per heavy atom. The van der Waals surface area contributed by atoms with E-state index in [2.05, 4.69) is 0 Å². The van der Waals surface area contributed by atoms with Crippen molar-refractivity contribution in [1.82, 2.24) is 4.90 Å². The lowest BCUT2D eigenvalue weighted by Gasteiger charge is -2.33. The zero-order valence-electron chi connectivity index (χ0n) is 13.3. The van der Waals surface area contributed by atoms with Gasteiger partial charge in [0, 0.05) is 29.5 Å². The summed E-state index contributed by atoms with van der Waals surface area (Å²) in [6.07, 6.45) is -3.93. The van der Waals surface area contributed by atoms with E-state index >= 15 is 0 Å². The molecule has 0 radical (unpaired) electrons. The Kier molecular flexibility index (Phi) is 4.93. The Hall–Kier alpha value is -1.79. The number of rotatable bonds is 2. The average Bonchev–Trinajstić information content (AvgIpc) is 2.91. The molecule has 0 bridgehead atoms. The lowest BCUT2D eigenvalue weighted by atomic mass is 9.86. The molecule has 132 valence electrons. The van der Waals surface area contributed by atoms with Gasteiger partial charge in [0.1, 0.15) is 0 Å². The summed E-state index contributed by atoms with van der Waals surface area (Å²) in [7, 11) is 0. The smallest absolute Gasteiger partial charge is 0.333 e. The number of halogens is 4. The van der Waals surface area contributed by atoms with Crippen molar-refractivity contribution in [3.63, 3.8) is 0 Å². The van der Waals surface area contributed by atoms with Crippen molar-refractivity contribution in [3.05, 3.63) is 68.4 Å². The second-order valence-electron chi connectivity index (χ2n) is 5.93. The Labute approximate surface area is 152 Å². The zero-order valence-corrected chi connectivity index (χ0v) is 14.9. The van der Waals surface area contributed by atoms with Crippen LogP contribution < -0.4 is 0 Å². The Bertz CT molecular complexity index is 828. The van der Waals surface area contributed by atoms with Gasteiger partial charge >= 0.3 is 6.18 Å². The number of aryl methyl sites for hydroxylation is 1. The lowest BCUT2D eigenvalue weighted by molar-refractivity contribution is -0.127. The van der Waals surface area contributed by atoms with Crippen LogP contribution >= 0.6 is 22.9 Å². The summed E-state index contributed by atoms with van der Waals surface area (Å²) >= 11 is 7.51. The molecule has 0 fully saturated rings. The second kappa shape index (κ2) is 6.84. The molecule has 0 unspecified atom stereocenters. The van der Waals surface area contributed by atoms with Crippen LogP contribution in [0.1, 0.15) is 27.5 Å². The van der Waals surface area contributed by atoms with Crippen LogP contribution in [0.5, 0.6) is 0 Å². The van der Waals surface area contributed by atoms with Gasteiger partial charge in [0.2, 0.25) is 5.91 Å². The van der Waals surface area contributed by atoms with Gasteiger partial charge in [0.15, 0.2) is 0 Å². The summed E-state index contributed by atoms with van der Waals surface area (Å²) in [5, 5.41) is 0. The molecule has 2 heterocycles. The molecule has 1 amide bonds. The van der Waals surface area contributed by atoms with Gasteiger partial charge in [-0.2, -0.15) is 13.2 Å². The number of hydrogen-bond acceptors (Lipinski definition) is 2. The number of fused-ring (bicyclic) bond motifs is 1. The van der Waals surface area contributed by atoms with Gasteiger partial charge in [-0.05, 0) is 29.7 Å². The van der Waals surface area contributed by atoms with Crippen molar-refractivity contribution in [2.75, 3.05) is 6.54 Å². The van der Waals surface area contributed by atoms with E-state index in [-0.39, 0.29) is 18.5 Å². The fourth-order valence-corrected chi connectivity index (χ4v) is 4.42. The van der Waals surface area contributed by atoms with Crippen molar-refractivity contribution < 1.29 is 18.0 Å². The highest BCUT2D eigenvalue weighted by Crippen LogP contribution is 2.41. The molecule has 1 aromatic carbocycles. The number of benzene rings is 1. The molecule has 1 aromatic heterocycles. The van der Waals surface area contributed by atoms with Crippen molar-refractivity contribution in [2.24, 2.45) is 0 Å². The van der Waals surface area contributed by atoms with E-state index in [1.165, 1.54) is 16.2 Å². The number of carbonyl (C=O) groups excluding carboxylic acids is 1. The molecule has 0 spiro atoms. The third-order valence-electron chi connectivity index (χ3n) is 4.21. The summed E-state index contributed by atoms with van der Waals surface area (Å²) in [6, 6.07) is 9.70.